The number of urea groups is 1. The zero-order valence-corrected chi connectivity index (χ0v) is 25.6. The summed E-state index contributed by atoms with van der Waals surface area (Å²) in [5, 5.41) is 0. The molecule has 2 amide bonds. The van der Waals surface area contributed by atoms with Gasteiger partial charge < -0.3 is 19.3 Å². The van der Waals surface area contributed by atoms with Crippen LogP contribution in [0.3, 0.4) is 0 Å². The first-order valence-corrected chi connectivity index (χ1v) is 14.9. The van der Waals surface area contributed by atoms with Gasteiger partial charge >= 0.3 is 17.6 Å². The second kappa shape index (κ2) is 13.7. The summed E-state index contributed by atoms with van der Waals surface area (Å²) < 4.78 is 12.4. The van der Waals surface area contributed by atoms with Crippen molar-refractivity contribution in [2.75, 3.05) is 43.1 Å². The molecule has 3 heterocycles. The minimum absolute atomic E-state index is 0.0170. The molecule has 1 aliphatic rings. The fourth-order valence-corrected chi connectivity index (χ4v) is 5.14. The first kappa shape index (κ1) is 30.9. The Morgan fingerprint density at radius 1 is 1.07 bits per heavy atom. The SMILES string of the molecule is CCCN(CCC(C)CC)c1cc(N2CCN(C(C)C)C2=O)c2nc(C(=O)OC)c(OCc3ccccc3)c(=O)n2c1. The van der Waals surface area contributed by atoms with E-state index in [-0.39, 0.29) is 35.8 Å². The van der Waals surface area contributed by atoms with Crippen LogP contribution in [0.1, 0.15) is 69.9 Å². The zero-order valence-electron chi connectivity index (χ0n) is 25.6. The molecule has 1 aliphatic heterocycles. The van der Waals surface area contributed by atoms with E-state index in [1.807, 2.05) is 50.2 Å². The smallest absolute Gasteiger partial charge is 0.360 e. The monoisotopic (exact) mass is 577 g/mol. The van der Waals surface area contributed by atoms with Crippen molar-refractivity contribution in [3.8, 4) is 5.75 Å². The first-order valence-electron chi connectivity index (χ1n) is 14.9. The van der Waals surface area contributed by atoms with Crippen LogP contribution in [0.2, 0.25) is 0 Å². The van der Waals surface area contributed by atoms with Gasteiger partial charge in [0.15, 0.2) is 11.3 Å². The minimum Gasteiger partial charge on any atom is -0.481 e. The lowest BCUT2D eigenvalue weighted by Gasteiger charge is -2.28. The number of aromatic nitrogens is 2. The van der Waals surface area contributed by atoms with Gasteiger partial charge in [0.25, 0.3) is 0 Å². The third kappa shape index (κ3) is 6.53. The lowest BCUT2D eigenvalue weighted by molar-refractivity contribution is 0.0588. The zero-order chi connectivity index (χ0) is 30.4. The van der Waals surface area contributed by atoms with Gasteiger partial charge in [-0.2, -0.15) is 0 Å². The Kier molecular flexibility index (Phi) is 10.1. The first-order chi connectivity index (χ1) is 20.2. The molecule has 1 aromatic carbocycles. The maximum Gasteiger partial charge on any atom is 0.360 e. The van der Waals surface area contributed by atoms with Gasteiger partial charge in [-0.05, 0) is 44.2 Å². The normalized spacial score (nSPS) is 14.1. The lowest BCUT2D eigenvalue weighted by Crippen LogP contribution is -2.37. The van der Waals surface area contributed by atoms with Crippen LogP contribution in [0.5, 0.6) is 5.75 Å². The summed E-state index contributed by atoms with van der Waals surface area (Å²) in [4.78, 5) is 50.9. The van der Waals surface area contributed by atoms with Crippen molar-refractivity contribution in [2.45, 2.75) is 66.5 Å². The number of nitrogens with zero attached hydrogens (tertiary/aromatic N) is 5. The molecule has 1 atom stereocenters. The highest BCUT2D eigenvalue weighted by Crippen LogP contribution is 2.31. The van der Waals surface area contributed by atoms with Crippen LogP contribution in [0.25, 0.3) is 5.65 Å². The molecule has 10 heteroatoms. The average Bonchev–Trinajstić information content (AvgIpc) is 3.39. The molecule has 0 radical (unpaired) electrons. The second-order valence-corrected chi connectivity index (χ2v) is 11.1. The van der Waals surface area contributed by atoms with Crippen molar-refractivity contribution >= 4 is 29.0 Å². The molecule has 1 saturated heterocycles. The van der Waals surface area contributed by atoms with Crippen molar-refractivity contribution in [2.24, 2.45) is 5.92 Å². The Balaban J connectivity index is 1.92. The number of hydrogen-bond donors (Lipinski definition) is 0. The number of esters is 1. The third-order valence-corrected chi connectivity index (χ3v) is 7.86. The van der Waals surface area contributed by atoms with E-state index in [2.05, 4.69) is 30.7 Å². The Morgan fingerprint density at radius 2 is 1.81 bits per heavy atom. The molecule has 0 aliphatic carbocycles. The van der Waals surface area contributed by atoms with E-state index >= 15 is 0 Å². The number of hydrogen-bond acceptors (Lipinski definition) is 7. The number of pyridine rings is 1. The average molecular weight is 578 g/mol. The maximum atomic E-state index is 14.1. The van der Waals surface area contributed by atoms with Gasteiger partial charge in [0.2, 0.25) is 5.75 Å². The van der Waals surface area contributed by atoms with E-state index < -0.39 is 11.5 Å². The fourth-order valence-electron chi connectivity index (χ4n) is 5.14. The predicted octanol–water partition coefficient (Wildman–Crippen LogP) is 5.36. The molecular formula is C32H43N5O5. The molecule has 42 heavy (non-hydrogen) atoms. The molecule has 0 N–H and O–H groups in total. The van der Waals surface area contributed by atoms with Crippen LogP contribution in [0.4, 0.5) is 16.2 Å². The predicted molar refractivity (Wildman–Crippen MR) is 165 cm³/mol. The number of rotatable bonds is 13. The summed E-state index contributed by atoms with van der Waals surface area (Å²) in [6.45, 7) is 13.1. The number of carbonyl (C=O) groups is 2. The van der Waals surface area contributed by atoms with Crippen LogP contribution < -0.4 is 20.1 Å². The van der Waals surface area contributed by atoms with Crippen LogP contribution in [0, 0.1) is 5.92 Å². The summed E-state index contributed by atoms with van der Waals surface area (Å²) in [5.41, 5.74) is 1.56. The number of anilines is 2. The molecule has 10 nitrogen and oxygen atoms in total. The van der Waals surface area contributed by atoms with Gasteiger partial charge in [-0.15, -0.1) is 0 Å². The highest BCUT2D eigenvalue weighted by molar-refractivity contribution is 5.99. The lowest BCUT2D eigenvalue weighted by atomic mass is 10.0. The van der Waals surface area contributed by atoms with Gasteiger partial charge in [0, 0.05) is 38.4 Å². The second-order valence-electron chi connectivity index (χ2n) is 11.1. The molecule has 1 unspecified atom stereocenters. The van der Waals surface area contributed by atoms with Crippen LogP contribution in [-0.2, 0) is 11.3 Å². The van der Waals surface area contributed by atoms with E-state index in [0.29, 0.717) is 24.7 Å². The summed E-state index contributed by atoms with van der Waals surface area (Å²) in [5.74, 6) is -0.427. The molecule has 3 aromatic rings. The van der Waals surface area contributed by atoms with Gasteiger partial charge in [0.1, 0.15) is 6.61 Å². The maximum absolute atomic E-state index is 14.1. The van der Waals surface area contributed by atoms with E-state index in [4.69, 9.17) is 9.47 Å². The highest BCUT2D eigenvalue weighted by Gasteiger charge is 2.34. The van der Waals surface area contributed by atoms with E-state index in [1.54, 1.807) is 16.0 Å². The van der Waals surface area contributed by atoms with Gasteiger partial charge in [-0.25, -0.2) is 14.6 Å². The Hall–Kier alpha value is -4.08. The molecule has 0 saturated carbocycles. The van der Waals surface area contributed by atoms with Crippen molar-refractivity contribution in [1.82, 2.24) is 14.3 Å². The van der Waals surface area contributed by atoms with Gasteiger partial charge in [-0.3, -0.25) is 14.1 Å². The van der Waals surface area contributed by atoms with Crippen molar-refractivity contribution in [3.05, 3.63) is 64.2 Å². The molecule has 4 rings (SSSR count). The molecule has 0 bridgehead atoms. The number of ether oxygens (including phenoxy) is 2. The molecule has 0 spiro atoms. The third-order valence-electron chi connectivity index (χ3n) is 7.86. The number of methoxy groups -OCH3 is 1. The summed E-state index contributed by atoms with van der Waals surface area (Å²) in [6, 6.07) is 11.2. The number of amides is 2. The summed E-state index contributed by atoms with van der Waals surface area (Å²) in [6.07, 6.45) is 4.74. The number of carbonyl (C=O) groups excluding carboxylic acids is 2. The van der Waals surface area contributed by atoms with Crippen LogP contribution in [-0.4, -0.2) is 65.6 Å². The molecule has 226 valence electrons. The standard InChI is InChI=1S/C32H43N5O5/c1-7-15-34(16-14-23(5)8-2)25-19-26(36-18-17-35(22(3)4)32(36)40)29-33-27(31(39)41-6)28(30(38)37(29)20-25)42-21-24-12-10-9-11-13-24/h9-13,19-20,22-23H,7-8,14-18,21H2,1-6H3. The van der Waals surface area contributed by atoms with E-state index in [0.717, 1.165) is 43.6 Å². The van der Waals surface area contributed by atoms with Crippen molar-refractivity contribution in [1.29, 1.82) is 0 Å². The Labute approximate surface area is 247 Å². The quantitative estimate of drug-likeness (QED) is 0.252. The summed E-state index contributed by atoms with van der Waals surface area (Å²) >= 11 is 0. The summed E-state index contributed by atoms with van der Waals surface area (Å²) in [7, 11) is 1.24. The van der Waals surface area contributed by atoms with Gasteiger partial charge in [0.05, 0.1) is 18.5 Å². The highest BCUT2D eigenvalue weighted by atomic mass is 16.5. The Morgan fingerprint density at radius 3 is 2.43 bits per heavy atom. The van der Waals surface area contributed by atoms with E-state index in [1.165, 1.54) is 11.5 Å². The van der Waals surface area contributed by atoms with Crippen LogP contribution >= 0.6 is 0 Å². The van der Waals surface area contributed by atoms with E-state index in [9.17, 15) is 14.4 Å². The largest absolute Gasteiger partial charge is 0.481 e. The van der Waals surface area contributed by atoms with Crippen LogP contribution in [0.15, 0.2) is 47.4 Å². The number of benzene rings is 1. The molecule has 2 aromatic heterocycles. The number of fused-ring (bicyclic) bond motifs is 1. The molecule has 1 fully saturated rings. The fraction of sp³-hybridized carbons (Fsp3) is 0.500. The Bertz CT molecular complexity index is 1460. The van der Waals surface area contributed by atoms with Crippen molar-refractivity contribution < 1.29 is 19.1 Å². The van der Waals surface area contributed by atoms with Crippen molar-refractivity contribution in [3.63, 3.8) is 0 Å². The minimum atomic E-state index is -0.787. The topological polar surface area (TPSA) is 96.7 Å². The molecular weight excluding hydrogens is 534 g/mol. The van der Waals surface area contributed by atoms with Gasteiger partial charge in [-0.1, -0.05) is 57.5 Å².